The lowest BCUT2D eigenvalue weighted by Crippen LogP contribution is -2.51. The molecule has 21 heavy (non-hydrogen) atoms. The van der Waals surface area contributed by atoms with Crippen LogP contribution in [0.1, 0.15) is 62.3 Å². The van der Waals surface area contributed by atoms with Crippen LogP contribution in [0.2, 0.25) is 0 Å². The number of benzene rings is 1. The molecule has 1 aliphatic heterocycles. The van der Waals surface area contributed by atoms with E-state index in [0.29, 0.717) is 18.3 Å². The van der Waals surface area contributed by atoms with Crippen LogP contribution in [0.15, 0.2) is 18.2 Å². The number of rotatable bonds is 1. The highest BCUT2D eigenvalue weighted by Gasteiger charge is 2.48. The second kappa shape index (κ2) is 5.40. The molecule has 2 aliphatic rings. The van der Waals surface area contributed by atoms with Gasteiger partial charge in [-0.2, -0.15) is 0 Å². The predicted molar refractivity (Wildman–Crippen MR) is 85.3 cm³/mol. The minimum absolute atomic E-state index is 0.0350. The van der Waals surface area contributed by atoms with Crippen LogP contribution in [0.5, 0.6) is 0 Å². The summed E-state index contributed by atoms with van der Waals surface area (Å²) in [6, 6.07) is 6.40. The first-order chi connectivity index (χ1) is 9.88. The highest BCUT2D eigenvalue weighted by Crippen LogP contribution is 2.48. The molecular formula is C19H28O2. The summed E-state index contributed by atoms with van der Waals surface area (Å²) in [6.45, 7) is 8.62. The van der Waals surface area contributed by atoms with Gasteiger partial charge in [0.2, 0.25) is 0 Å². The van der Waals surface area contributed by atoms with E-state index in [1.807, 2.05) is 6.92 Å². The fourth-order valence-electron chi connectivity index (χ4n) is 4.48. The number of hydrogen-bond donors (Lipinski definition) is 1. The van der Waals surface area contributed by atoms with Crippen molar-refractivity contribution < 1.29 is 9.84 Å². The summed E-state index contributed by atoms with van der Waals surface area (Å²) in [4.78, 5) is 0. The third-order valence-electron chi connectivity index (χ3n) is 5.65. The molecule has 0 radical (unpaired) electrons. The Kier molecular flexibility index (Phi) is 3.87. The Morgan fingerprint density at radius 2 is 1.86 bits per heavy atom. The molecule has 1 N–H and O–H groups in total. The smallest absolute Gasteiger partial charge is 0.0861 e. The lowest BCUT2D eigenvalue weighted by atomic mass is 9.68. The normalized spacial score (nSPS) is 39.9. The Hall–Kier alpha value is -0.860. The molecule has 1 aromatic carbocycles. The van der Waals surface area contributed by atoms with Gasteiger partial charge in [0.25, 0.3) is 0 Å². The maximum Gasteiger partial charge on any atom is 0.0861 e. The quantitative estimate of drug-likeness (QED) is 0.834. The van der Waals surface area contributed by atoms with Crippen LogP contribution in [0.3, 0.4) is 0 Å². The minimum atomic E-state index is -0.609. The summed E-state index contributed by atoms with van der Waals surface area (Å²) < 4.78 is 6.48. The number of fused-ring (bicyclic) bond motifs is 1. The Bertz CT molecular complexity index is 500. The molecule has 0 bridgehead atoms. The SMILES string of the molecule is Cc1cccc(C)c1[C@@H]1C[C@](C)(O)[C@H]2CC[C@H](C)C[C@@H]2O1. The molecule has 0 unspecified atom stereocenters. The molecule has 1 saturated heterocycles. The van der Waals surface area contributed by atoms with E-state index >= 15 is 0 Å². The second-order valence-electron chi connectivity index (χ2n) is 7.55. The van der Waals surface area contributed by atoms with Crippen molar-refractivity contribution in [3.05, 3.63) is 34.9 Å². The van der Waals surface area contributed by atoms with Crippen LogP contribution in [0.4, 0.5) is 0 Å². The van der Waals surface area contributed by atoms with Gasteiger partial charge in [-0.25, -0.2) is 0 Å². The fraction of sp³-hybridized carbons (Fsp3) is 0.684. The van der Waals surface area contributed by atoms with Gasteiger partial charge in [0.15, 0.2) is 0 Å². The Morgan fingerprint density at radius 1 is 1.19 bits per heavy atom. The van der Waals surface area contributed by atoms with Gasteiger partial charge in [-0.05, 0) is 56.2 Å². The van der Waals surface area contributed by atoms with Crippen LogP contribution in [-0.2, 0) is 4.74 Å². The van der Waals surface area contributed by atoms with E-state index in [1.165, 1.54) is 23.1 Å². The van der Waals surface area contributed by atoms with Gasteiger partial charge in [0, 0.05) is 12.3 Å². The third-order valence-corrected chi connectivity index (χ3v) is 5.65. The molecule has 0 amide bonds. The van der Waals surface area contributed by atoms with Crippen LogP contribution >= 0.6 is 0 Å². The third kappa shape index (κ3) is 2.76. The summed E-state index contributed by atoms with van der Waals surface area (Å²) in [5.41, 5.74) is 3.23. The van der Waals surface area contributed by atoms with Crippen molar-refractivity contribution in [3.8, 4) is 0 Å². The van der Waals surface area contributed by atoms with Crippen molar-refractivity contribution in [1.82, 2.24) is 0 Å². The summed E-state index contributed by atoms with van der Waals surface area (Å²) in [7, 11) is 0. The topological polar surface area (TPSA) is 29.5 Å². The molecule has 0 spiro atoms. The van der Waals surface area contributed by atoms with Crippen LogP contribution < -0.4 is 0 Å². The zero-order valence-electron chi connectivity index (χ0n) is 13.7. The molecule has 5 atom stereocenters. The first-order valence-corrected chi connectivity index (χ1v) is 8.32. The Labute approximate surface area is 128 Å². The van der Waals surface area contributed by atoms with Gasteiger partial charge in [0.05, 0.1) is 17.8 Å². The van der Waals surface area contributed by atoms with Crippen molar-refractivity contribution in [2.75, 3.05) is 0 Å². The summed E-state index contributed by atoms with van der Waals surface area (Å²) in [5.74, 6) is 1.01. The fourth-order valence-corrected chi connectivity index (χ4v) is 4.48. The van der Waals surface area contributed by atoms with E-state index in [1.54, 1.807) is 0 Å². The molecule has 1 aromatic rings. The van der Waals surface area contributed by atoms with Crippen LogP contribution in [0.25, 0.3) is 0 Å². The molecule has 2 heteroatoms. The molecule has 3 rings (SSSR count). The van der Waals surface area contributed by atoms with Gasteiger partial charge in [-0.1, -0.05) is 31.5 Å². The molecule has 1 aliphatic carbocycles. The number of aliphatic hydroxyl groups is 1. The van der Waals surface area contributed by atoms with Crippen molar-refractivity contribution in [2.45, 2.75) is 71.2 Å². The van der Waals surface area contributed by atoms with E-state index < -0.39 is 5.60 Å². The zero-order valence-corrected chi connectivity index (χ0v) is 13.7. The molecule has 1 heterocycles. The Balaban J connectivity index is 1.92. The molecule has 0 aromatic heterocycles. The lowest BCUT2D eigenvalue weighted by molar-refractivity contribution is -0.198. The van der Waals surface area contributed by atoms with Gasteiger partial charge in [0.1, 0.15) is 0 Å². The van der Waals surface area contributed by atoms with Gasteiger partial charge < -0.3 is 9.84 Å². The number of aryl methyl sites for hydroxylation is 2. The second-order valence-corrected chi connectivity index (χ2v) is 7.55. The van der Waals surface area contributed by atoms with E-state index in [0.717, 1.165) is 12.8 Å². The molecular weight excluding hydrogens is 260 g/mol. The summed E-state index contributed by atoms with van der Waals surface area (Å²) >= 11 is 0. The van der Waals surface area contributed by atoms with Crippen molar-refractivity contribution in [3.63, 3.8) is 0 Å². The van der Waals surface area contributed by atoms with E-state index in [2.05, 4.69) is 39.0 Å². The average molecular weight is 288 g/mol. The van der Waals surface area contributed by atoms with E-state index in [4.69, 9.17) is 4.74 Å². The molecule has 1 saturated carbocycles. The maximum absolute atomic E-state index is 11.0. The van der Waals surface area contributed by atoms with Crippen molar-refractivity contribution >= 4 is 0 Å². The van der Waals surface area contributed by atoms with E-state index in [-0.39, 0.29) is 12.2 Å². The van der Waals surface area contributed by atoms with Gasteiger partial charge >= 0.3 is 0 Å². The average Bonchev–Trinajstić information content (AvgIpc) is 2.36. The van der Waals surface area contributed by atoms with Gasteiger partial charge in [-0.15, -0.1) is 0 Å². The molecule has 2 fully saturated rings. The first kappa shape index (κ1) is 15.1. The van der Waals surface area contributed by atoms with Crippen molar-refractivity contribution in [1.29, 1.82) is 0 Å². The minimum Gasteiger partial charge on any atom is -0.390 e. The largest absolute Gasteiger partial charge is 0.390 e. The molecule has 2 nitrogen and oxygen atoms in total. The predicted octanol–water partition coefficient (Wildman–Crippen LogP) is 4.32. The first-order valence-electron chi connectivity index (χ1n) is 8.32. The number of hydrogen-bond acceptors (Lipinski definition) is 2. The summed E-state index contributed by atoms with van der Waals surface area (Å²) in [6.07, 6.45) is 4.36. The highest BCUT2D eigenvalue weighted by atomic mass is 16.5. The van der Waals surface area contributed by atoms with E-state index in [9.17, 15) is 5.11 Å². The zero-order chi connectivity index (χ0) is 15.2. The van der Waals surface area contributed by atoms with Crippen molar-refractivity contribution in [2.24, 2.45) is 11.8 Å². The maximum atomic E-state index is 11.0. The monoisotopic (exact) mass is 288 g/mol. The number of ether oxygens (including phenoxy) is 1. The van der Waals surface area contributed by atoms with Crippen LogP contribution in [0, 0.1) is 25.7 Å². The van der Waals surface area contributed by atoms with Gasteiger partial charge in [-0.3, -0.25) is 0 Å². The standard InChI is InChI=1S/C19H28O2/c1-12-8-9-15-16(10-12)21-17(11-19(15,4)20)18-13(2)6-5-7-14(18)3/h5-7,12,15-17,20H,8-11H2,1-4H3/t12-,15-,16-,17-,19-/m0/s1. The van der Waals surface area contributed by atoms with Crippen LogP contribution in [-0.4, -0.2) is 16.8 Å². The highest BCUT2D eigenvalue weighted by molar-refractivity contribution is 5.36. The Morgan fingerprint density at radius 3 is 2.52 bits per heavy atom. The summed E-state index contributed by atoms with van der Waals surface area (Å²) in [5, 5.41) is 11.0. The molecule has 116 valence electrons. The lowest BCUT2D eigenvalue weighted by Gasteiger charge is -2.50.